The summed E-state index contributed by atoms with van der Waals surface area (Å²) in [6.45, 7) is 6.85. The lowest BCUT2D eigenvalue weighted by Gasteiger charge is -2.29. The second-order valence-corrected chi connectivity index (χ2v) is 6.13. The first-order valence-corrected chi connectivity index (χ1v) is 8.24. The molecule has 3 nitrogen and oxygen atoms in total. The average molecular weight is 309 g/mol. The average Bonchev–Trinajstić information content (AvgIpc) is 2.63. The van der Waals surface area contributed by atoms with Crippen molar-refractivity contribution in [1.82, 2.24) is 4.90 Å². The van der Waals surface area contributed by atoms with Crippen LogP contribution in [0.4, 0.5) is 0 Å². The third-order valence-electron chi connectivity index (χ3n) is 4.39. The van der Waals surface area contributed by atoms with Crippen molar-refractivity contribution in [2.45, 2.75) is 12.8 Å². The molecule has 0 aromatic heterocycles. The van der Waals surface area contributed by atoms with Gasteiger partial charge in [0.1, 0.15) is 0 Å². The van der Waals surface area contributed by atoms with E-state index < -0.39 is 0 Å². The minimum Gasteiger partial charge on any atom is -0.379 e. The number of nitrogens with zero attached hydrogens (tertiary/aromatic N) is 1. The number of ketones is 1. The molecule has 1 unspecified atom stereocenters. The van der Waals surface area contributed by atoms with E-state index in [4.69, 9.17) is 4.74 Å². The molecule has 0 radical (unpaired) electrons. The minimum absolute atomic E-state index is 0.0889. The third kappa shape index (κ3) is 4.06. The van der Waals surface area contributed by atoms with Gasteiger partial charge in [-0.05, 0) is 17.5 Å². The van der Waals surface area contributed by atoms with Crippen LogP contribution in [0, 0.1) is 0 Å². The van der Waals surface area contributed by atoms with E-state index in [2.05, 4.69) is 17.9 Å². The van der Waals surface area contributed by atoms with Crippen molar-refractivity contribution in [3.05, 3.63) is 71.3 Å². The van der Waals surface area contributed by atoms with Crippen molar-refractivity contribution in [2.24, 2.45) is 0 Å². The topological polar surface area (TPSA) is 29.5 Å². The zero-order valence-corrected chi connectivity index (χ0v) is 13.6. The predicted octanol–water partition coefficient (Wildman–Crippen LogP) is 3.35. The first kappa shape index (κ1) is 15.9. The molecule has 1 fully saturated rings. The number of benzene rings is 2. The Bertz CT molecular complexity index is 648. The lowest BCUT2D eigenvalue weighted by atomic mass is 9.95. The normalized spacial score (nSPS) is 16.9. The molecule has 3 heteroatoms. The molecular weight excluding hydrogens is 286 g/mol. The van der Waals surface area contributed by atoms with Crippen molar-refractivity contribution >= 4 is 5.78 Å². The van der Waals surface area contributed by atoms with E-state index in [1.807, 2.05) is 48.5 Å². The number of carbonyl (C=O) groups is 1. The number of hydrogen-bond acceptors (Lipinski definition) is 3. The quantitative estimate of drug-likeness (QED) is 0.793. The van der Waals surface area contributed by atoms with Gasteiger partial charge in [-0.2, -0.15) is 0 Å². The molecule has 0 saturated carbocycles. The molecule has 0 spiro atoms. The van der Waals surface area contributed by atoms with Crippen molar-refractivity contribution < 1.29 is 9.53 Å². The van der Waals surface area contributed by atoms with Crippen LogP contribution in [0.2, 0.25) is 0 Å². The smallest absolute Gasteiger partial charge is 0.193 e. The Kier molecular flexibility index (Phi) is 5.21. The van der Waals surface area contributed by atoms with E-state index >= 15 is 0 Å². The first-order chi connectivity index (χ1) is 11.2. The van der Waals surface area contributed by atoms with Gasteiger partial charge >= 0.3 is 0 Å². The molecule has 2 aromatic rings. The summed E-state index contributed by atoms with van der Waals surface area (Å²) in [4.78, 5) is 15.0. The van der Waals surface area contributed by atoms with Crippen LogP contribution in [0.25, 0.3) is 0 Å². The molecule has 2 aromatic carbocycles. The monoisotopic (exact) mass is 309 g/mol. The van der Waals surface area contributed by atoms with Crippen LogP contribution in [0.3, 0.4) is 0 Å². The summed E-state index contributed by atoms with van der Waals surface area (Å²) in [5, 5.41) is 0. The van der Waals surface area contributed by atoms with Crippen molar-refractivity contribution in [1.29, 1.82) is 0 Å². The Labute approximate surface area is 137 Å². The molecular formula is C20H23NO2. The summed E-state index contributed by atoms with van der Waals surface area (Å²) in [6, 6.07) is 17.5. The fraction of sp³-hybridized carbons (Fsp3) is 0.350. The van der Waals surface area contributed by atoms with Gasteiger partial charge in [0.25, 0.3) is 0 Å². The highest BCUT2D eigenvalue weighted by Crippen LogP contribution is 2.20. The molecule has 1 atom stereocenters. The fourth-order valence-electron chi connectivity index (χ4n) is 3.02. The number of carbonyl (C=O) groups excluding carboxylic acids is 1. The molecule has 0 bridgehead atoms. The number of ether oxygens (including phenoxy) is 1. The summed E-state index contributed by atoms with van der Waals surface area (Å²) in [5.74, 6) is 0.489. The van der Waals surface area contributed by atoms with Gasteiger partial charge in [-0.15, -0.1) is 0 Å². The summed E-state index contributed by atoms with van der Waals surface area (Å²) in [6.07, 6.45) is 0. The van der Waals surface area contributed by atoms with E-state index in [9.17, 15) is 4.79 Å². The maximum Gasteiger partial charge on any atom is 0.193 e. The molecule has 0 amide bonds. The molecule has 120 valence electrons. The Morgan fingerprint density at radius 3 is 2.48 bits per heavy atom. The number of morpholine rings is 1. The zero-order chi connectivity index (χ0) is 16.1. The van der Waals surface area contributed by atoms with Crippen LogP contribution in [-0.2, 0) is 4.74 Å². The molecule has 1 heterocycles. The van der Waals surface area contributed by atoms with Crippen LogP contribution in [0.5, 0.6) is 0 Å². The first-order valence-electron chi connectivity index (χ1n) is 8.24. The lowest BCUT2D eigenvalue weighted by Crippen LogP contribution is -2.38. The Hall–Kier alpha value is -1.97. The highest BCUT2D eigenvalue weighted by molar-refractivity contribution is 6.09. The fourth-order valence-corrected chi connectivity index (χ4v) is 3.02. The molecule has 0 N–H and O–H groups in total. The van der Waals surface area contributed by atoms with Crippen molar-refractivity contribution in [2.75, 3.05) is 32.8 Å². The molecule has 0 aliphatic carbocycles. The summed E-state index contributed by atoms with van der Waals surface area (Å²) < 4.78 is 5.40. The SMILES string of the molecule is CC(CN1CCOCC1)c1cccc(C(=O)c2ccccc2)c1. The zero-order valence-electron chi connectivity index (χ0n) is 13.6. The summed E-state index contributed by atoms with van der Waals surface area (Å²) in [7, 11) is 0. The molecule has 23 heavy (non-hydrogen) atoms. The van der Waals surface area contributed by atoms with E-state index in [1.54, 1.807) is 0 Å². The van der Waals surface area contributed by atoms with Gasteiger partial charge in [0, 0.05) is 30.8 Å². The Balaban J connectivity index is 1.72. The molecule has 1 aliphatic rings. The second kappa shape index (κ2) is 7.53. The highest BCUT2D eigenvalue weighted by atomic mass is 16.5. The summed E-state index contributed by atoms with van der Waals surface area (Å²) >= 11 is 0. The van der Waals surface area contributed by atoms with Gasteiger partial charge in [0.15, 0.2) is 5.78 Å². The van der Waals surface area contributed by atoms with E-state index in [1.165, 1.54) is 5.56 Å². The predicted molar refractivity (Wildman–Crippen MR) is 92.0 cm³/mol. The van der Waals surface area contributed by atoms with Crippen LogP contribution >= 0.6 is 0 Å². The standard InChI is InChI=1S/C20H23NO2/c1-16(15-21-10-12-23-13-11-21)18-8-5-9-19(14-18)20(22)17-6-3-2-4-7-17/h2-9,14,16H,10-13,15H2,1H3. The van der Waals surface area contributed by atoms with E-state index in [-0.39, 0.29) is 5.78 Å². The third-order valence-corrected chi connectivity index (χ3v) is 4.39. The van der Waals surface area contributed by atoms with Gasteiger partial charge in [0.2, 0.25) is 0 Å². The Morgan fingerprint density at radius 2 is 1.74 bits per heavy atom. The van der Waals surface area contributed by atoms with Crippen LogP contribution in [-0.4, -0.2) is 43.5 Å². The van der Waals surface area contributed by atoms with Gasteiger partial charge in [0.05, 0.1) is 13.2 Å². The number of hydrogen-bond donors (Lipinski definition) is 0. The molecule has 1 saturated heterocycles. The molecule has 3 rings (SSSR count). The maximum atomic E-state index is 12.6. The maximum absolute atomic E-state index is 12.6. The van der Waals surface area contributed by atoms with E-state index in [0.717, 1.165) is 44.0 Å². The highest BCUT2D eigenvalue weighted by Gasteiger charge is 2.16. The second-order valence-electron chi connectivity index (χ2n) is 6.13. The van der Waals surface area contributed by atoms with Crippen LogP contribution in [0.1, 0.15) is 34.3 Å². The lowest BCUT2D eigenvalue weighted by molar-refractivity contribution is 0.0357. The number of rotatable bonds is 5. The van der Waals surface area contributed by atoms with Gasteiger partial charge in [-0.1, -0.05) is 55.5 Å². The van der Waals surface area contributed by atoms with Crippen LogP contribution in [0.15, 0.2) is 54.6 Å². The van der Waals surface area contributed by atoms with Crippen molar-refractivity contribution in [3.63, 3.8) is 0 Å². The van der Waals surface area contributed by atoms with E-state index in [0.29, 0.717) is 5.92 Å². The Morgan fingerprint density at radius 1 is 1.04 bits per heavy atom. The van der Waals surface area contributed by atoms with Crippen LogP contribution < -0.4 is 0 Å². The largest absolute Gasteiger partial charge is 0.379 e. The van der Waals surface area contributed by atoms with Gasteiger partial charge < -0.3 is 4.74 Å². The summed E-state index contributed by atoms with van der Waals surface area (Å²) in [5.41, 5.74) is 2.73. The van der Waals surface area contributed by atoms with Gasteiger partial charge in [-0.25, -0.2) is 0 Å². The molecule has 1 aliphatic heterocycles. The minimum atomic E-state index is 0.0889. The van der Waals surface area contributed by atoms with Gasteiger partial charge in [-0.3, -0.25) is 9.69 Å². The van der Waals surface area contributed by atoms with Crippen molar-refractivity contribution in [3.8, 4) is 0 Å².